The number of rotatable bonds is 5. The second-order valence-electron chi connectivity index (χ2n) is 7.89. The van der Waals surface area contributed by atoms with Gasteiger partial charge in [-0.25, -0.2) is 0 Å². The Morgan fingerprint density at radius 3 is 2.63 bits per heavy atom. The Morgan fingerprint density at radius 2 is 1.89 bits per heavy atom. The summed E-state index contributed by atoms with van der Waals surface area (Å²) in [6.07, 6.45) is 2.60. The Morgan fingerprint density at radius 1 is 1.11 bits per heavy atom. The van der Waals surface area contributed by atoms with Gasteiger partial charge in [-0.2, -0.15) is 0 Å². The smallest absolute Gasteiger partial charge is 0.124 e. The number of methoxy groups -OCH3 is 2. The fraction of sp³-hybridized carbons (Fsp3) is 0.478. The van der Waals surface area contributed by atoms with Crippen LogP contribution in [0, 0.1) is 0 Å². The van der Waals surface area contributed by atoms with E-state index in [-0.39, 0.29) is 11.5 Å². The first-order chi connectivity index (χ1) is 13.2. The maximum Gasteiger partial charge on any atom is 0.124 e. The maximum absolute atomic E-state index is 10.8. The lowest BCUT2D eigenvalue weighted by Gasteiger charge is -2.42. The van der Waals surface area contributed by atoms with Crippen LogP contribution in [0.3, 0.4) is 0 Å². The molecule has 27 heavy (non-hydrogen) atoms. The minimum Gasteiger partial charge on any atom is -0.496 e. The van der Waals surface area contributed by atoms with Crippen molar-refractivity contribution in [1.82, 2.24) is 4.90 Å². The molecular weight excluding hydrogens is 338 g/mol. The second-order valence-corrected chi connectivity index (χ2v) is 7.89. The number of benzene rings is 2. The summed E-state index contributed by atoms with van der Waals surface area (Å²) in [6, 6.07) is 15.0. The van der Waals surface area contributed by atoms with Crippen molar-refractivity contribution in [2.45, 2.75) is 43.9 Å². The lowest BCUT2D eigenvalue weighted by Crippen LogP contribution is -2.47. The minimum absolute atomic E-state index is 0.0474. The average molecular weight is 367 g/mol. The van der Waals surface area contributed by atoms with Gasteiger partial charge in [0.2, 0.25) is 0 Å². The summed E-state index contributed by atoms with van der Waals surface area (Å²) in [6.45, 7) is 3.51. The zero-order valence-electron chi connectivity index (χ0n) is 16.3. The van der Waals surface area contributed by atoms with E-state index in [1.54, 1.807) is 14.2 Å². The van der Waals surface area contributed by atoms with E-state index >= 15 is 0 Å². The number of piperidine rings is 1. The second kappa shape index (κ2) is 7.63. The molecule has 4 nitrogen and oxygen atoms in total. The number of nitrogens with zero attached hydrogens (tertiary/aromatic N) is 1. The SMILES string of the molecule is COCc1cc(CN2CCC3(CC2)c2ccccc2CC3O)ccc1OC. The Hall–Kier alpha value is -1.88. The number of hydrogen-bond acceptors (Lipinski definition) is 4. The fourth-order valence-electron chi connectivity index (χ4n) is 4.94. The molecule has 0 radical (unpaired) electrons. The van der Waals surface area contributed by atoms with E-state index in [0.29, 0.717) is 6.61 Å². The number of aliphatic hydroxyl groups excluding tert-OH is 1. The zero-order chi connectivity index (χ0) is 18.9. The van der Waals surface area contributed by atoms with Gasteiger partial charge in [0.05, 0.1) is 19.8 Å². The number of aliphatic hydroxyl groups is 1. The van der Waals surface area contributed by atoms with E-state index in [0.717, 1.165) is 50.2 Å². The molecule has 1 saturated heterocycles. The standard InChI is InChI=1S/C23H29NO3/c1-26-16-19-13-17(7-8-21(19)27-2)15-24-11-9-23(10-12-24)20-6-4-3-5-18(20)14-22(23)25/h3-8,13,22,25H,9-12,14-16H2,1-2H3. The molecular formula is C23H29NO3. The van der Waals surface area contributed by atoms with E-state index in [4.69, 9.17) is 9.47 Å². The molecule has 1 N–H and O–H groups in total. The molecule has 2 aliphatic rings. The largest absolute Gasteiger partial charge is 0.496 e. The van der Waals surface area contributed by atoms with Crippen LogP contribution >= 0.6 is 0 Å². The van der Waals surface area contributed by atoms with Crippen molar-refractivity contribution in [3.8, 4) is 5.75 Å². The van der Waals surface area contributed by atoms with E-state index in [1.165, 1.54) is 16.7 Å². The number of likely N-dealkylation sites (tertiary alicyclic amines) is 1. The Balaban J connectivity index is 1.45. The van der Waals surface area contributed by atoms with Crippen LogP contribution in [0.2, 0.25) is 0 Å². The van der Waals surface area contributed by atoms with E-state index < -0.39 is 0 Å². The number of fused-ring (bicyclic) bond motifs is 2. The summed E-state index contributed by atoms with van der Waals surface area (Å²) in [5.74, 6) is 0.879. The van der Waals surface area contributed by atoms with E-state index in [9.17, 15) is 5.11 Å². The molecule has 0 bridgehead atoms. The highest BCUT2D eigenvalue weighted by Crippen LogP contribution is 2.46. The molecule has 4 rings (SSSR count). The normalized spacial score (nSPS) is 21.4. The van der Waals surface area contributed by atoms with Gasteiger partial charge in [0.15, 0.2) is 0 Å². The molecule has 144 valence electrons. The first kappa shape index (κ1) is 18.5. The van der Waals surface area contributed by atoms with Gasteiger partial charge in [0, 0.05) is 24.6 Å². The summed E-state index contributed by atoms with van der Waals surface area (Å²) < 4.78 is 10.7. The van der Waals surface area contributed by atoms with E-state index in [2.05, 4.69) is 41.3 Å². The monoisotopic (exact) mass is 367 g/mol. The Bertz CT molecular complexity index is 796. The molecule has 1 spiro atoms. The van der Waals surface area contributed by atoms with Crippen molar-refractivity contribution in [3.05, 3.63) is 64.7 Å². The maximum atomic E-state index is 10.8. The van der Waals surface area contributed by atoms with Crippen LogP contribution in [0.1, 0.15) is 35.1 Å². The van der Waals surface area contributed by atoms with Gasteiger partial charge in [-0.05, 0) is 61.2 Å². The van der Waals surface area contributed by atoms with Crippen molar-refractivity contribution in [2.75, 3.05) is 27.3 Å². The van der Waals surface area contributed by atoms with Gasteiger partial charge in [-0.1, -0.05) is 30.3 Å². The summed E-state index contributed by atoms with van der Waals surface area (Å²) in [4.78, 5) is 2.50. The lowest BCUT2D eigenvalue weighted by molar-refractivity contribution is 0.0413. The zero-order valence-corrected chi connectivity index (χ0v) is 16.3. The first-order valence-corrected chi connectivity index (χ1v) is 9.80. The predicted octanol–water partition coefficient (Wildman–Crippen LogP) is 3.29. The van der Waals surface area contributed by atoms with Crippen molar-refractivity contribution >= 4 is 0 Å². The molecule has 1 atom stereocenters. The quantitative estimate of drug-likeness (QED) is 0.881. The number of ether oxygens (including phenoxy) is 2. The van der Waals surface area contributed by atoms with Gasteiger partial charge in [-0.3, -0.25) is 4.90 Å². The van der Waals surface area contributed by atoms with Crippen LogP contribution in [0.25, 0.3) is 0 Å². The third kappa shape index (κ3) is 3.38. The summed E-state index contributed by atoms with van der Waals surface area (Å²) >= 11 is 0. The topological polar surface area (TPSA) is 41.9 Å². The number of hydrogen-bond donors (Lipinski definition) is 1. The third-order valence-corrected chi connectivity index (χ3v) is 6.40. The van der Waals surface area contributed by atoms with Crippen LogP contribution in [-0.4, -0.2) is 43.4 Å². The van der Waals surface area contributed by atoms with Crippen molar-refractivity contribution < 1.29 is 14.6 Å². The van der Waals surface area contributed by atoms with Gasteiger partial charge >= 0.3 is 0 Å². The van der Waals surface area contributed by atoms with E-state index in [1.807, 2.05) is 6.07 Å². The molecule has 1 aliphatic heterocycles. The van der Waals surface area contributed by atoms with Crippen LogP contribution in [0.15, 0.2) is 42.5 Å². The molecule has 1 aliphatic carbocycles. The van der Waals surface area contributed by atoms with Gasteiger partial charge in [0.1, 0.15) is 5.75 Å². The highest BCUT2D eigenvalue weighted by atomic mass is 16.5. The summed E-state index contributed by atoms with van der Waals surface area (Å²) in [5.41, 5.74) is 5.04. The van der Waals surface area contributed by atoms with Crippen molar-refractivity contribution in [3.63, 3.8) is 0 Å². The van der Waals surface area contributed by atoms with Crippen LogP contribution in [-0.2, 0) is 29.7 Å². The van der Waals surface area contributed by atoms with Crippen LogP contribution in [0.5, 0.6) is 5.75 Å². The van der Waals surface area contributed by atoms with Gasteiger partial charge in [0.25, 0.3) is 0 Å². The van der Waals surface area contributed by atoms with Crippen molar-refractivity contribution in [1.29, 1.82) is 0 Å². The highest BCUT2D eigenvalue weighted by molar-refractivity contribution is 5.42. The van der Waals surface area contributed by atoms with Crippen LogP contribution < -0.4 is 4.74 Å². The molecule has 2 aromatic rings. The third-order valence-electron chi connectivity index (χ3n) is 6.40. The highest BCUT2D eigenvalue weighted by Gasteiger charge is 2.47. The van der Waals surface area contributed by atoms with Gasteiger partial charge < -0.3 is 14.6 Å². The molecule has 1 fully saturated rings. The molecule has 0 saturated carbocycles. The fourth-order valence-corrected chi connectivity index (χ4v) is 4.94. The average Bonchev–Trinajstić information content (AvgIpc) is 2.96. The molecule has 2 aromatic carbocycles. The Labute approximate surface area is 161 Å². The lowest BCUT2D eigenvalue weighted by atomic mass is 9.72. The summed E-state index contributed by atoms with van der Waals surface area (Å²) in [7, 11) is 3.41. The summed E-state index contributed by atoms with van der Waals surface area (Å²) in [5, 5.41) is 10.8. The van der Waals surface area contributed by atoms with Crippen LogP contribution in [0.4, 0.5) is 0 Å². The minimum atomic E-state index is -0.244. The predicted molar refractivity (Wildman–Crippen MR) is 106 cm³/mol. The van der Waals surface area contributed by atoms with Gasteiger partial charge in [-0.15, -0.1) is 0 Å². The molecule has 1 unspecified atom stereocenters. The molecule has 1 heterocycles. The molecule has 0 aromatic heterocycles. The molecule has 0 amide bonds. The molecule has 4 heteroatoms. The first-order valence-electron chi connectivity index (χ1n) is 9.80. The Kier molecular flexibility index (Phi) is 5.22. The van der Waals surface area contributed by atoms with Crippen molar-refractivity contribution in [2.24, 2.45) is 0 Å².